The number of rotatable bonds is 3. The zero-order chi connectivity index (χ0) is 15.5. The summed E-state index contributed by atoms with van der Waals surface area (Å²) in [5.74, 6) is 0.887. The summed E-state index contributed by atoms with van der Waals surface area (Å²) in [7, 11) is 3.96. The largest absolute Gasteiger partial charge is 0.363 e. The molecule has 0 fully saturated rings. The number of halogens is 1. The summed E-state index contributed by atoms with van der Waals surface area (Å²) in [6, 6.07) is 12.0. The molecule has 3 aromatic rings. The van der Waals surface area contributed by atoms with E-state index < -0.39 is 0 Å². The summed E-state index contributed by atoms with van der Waals surface area (Å²) in [4.78, 5) is 15.3. The first-order chi connectivity index (χ1) is 10.6. The van der Waals surface area contributed by atoms with Crippen LogP contribution in [0.25, 0.3) is 22.5 Å². The number of aromatic nitrogens is 3. The molecule has 0 unspecified atom stereocenters. The molecule has 0 bridgehead atoms. The van der Waals surface area contributed by atoms with Gasteiger partial charge in [0.2, 0.25) is 0 Å². The van der Waals surface area contributed by atoms with Crippen LogP contribution in [0.3, 0.4) is 0 Å². The second kappa shape index (κ2) is 6.23. The van der Waals surface area contributed by atoms with E-state index in [1.165, 1.54) is 0 Å². The number of hydrogen-bond acceptors (Lipinski definition) is 4. The van der Waals surface area contributed by atoms with Gasteiger partial charge in [-0.1, -0.05) is 6.07 Å². The molecule has 0 radical (unpaired) electrons. The van der Waals surface area contributed by atoms with E-state index in [4.69, 9.17) is 0 Å². The number of anilines is 1. The Morgan fingerprint density at radius 3 is 2.50 bits per heavy atom. The van der Waals surface area contributed by atoms with Crippen LogP contribution in [0.1, 0.15) is 0 Å². The molecular weight excluding hydrogens is 340 g/mol. The zero-order valence-corrected chi connectivity index (χ0v) is 13.9. The van der Waals surface area contributed by atoms with Gasteiger partial charge in [0.1, 0.15) is 5.82 Å². The van der Waals surface area contributed by atoms with Crippen LogP contribution in [0.2, 0.25) is 0 Å². The summed E-state index contributed by atoms with van der Waals surface area (Å²) in [6.07, 6.45) is 5.40. The molecular formula is C17H15BrN4. The molecule has 0 spiro atoms. The minimum atomic E-state index is 0.849. The fourth-order valence-corrected chi connectivity index (χ4v) is 2.49. The summed E-state index contributed by atoms with van der Waals surface area (Å²) in [6.45, 7) is 0. The van der Waals surface area contributed by atoms with Gasteiger partial charge in [-0.25, -0.2) is 4.98 Å². The number of nitrogens with zero attached hydrogens (tertiary/aromatic N) is 4. The molecule has 0 saturated heterocycles. The molecule has 4 nitrogen and oxygen atoms in total. The van der Waals surface area contributed by atoms with Gasteiger partial charge in [0.25, 0.3) is 0 Å². The van der Waals surface area contributed by atoms with Gasteiger partial charge in [0.05, 0.1) is 11.4 Å². The van der Waals surface area contributed by atoms with Crippen molar-refractivity contribution in [3.8, 4) is 22.5 Å². The van der Waals surface area contributed by atoms with Gasteiger partial charge in [-0.3, -0.25) is 9.97 Å². The SMILES string of the molecule is CN(C)c1cc(-c2cncc(Br)c2)cc(-c2ccccn2)n1. The Bertz CT molecular complexity index is 788. The van der Waals surface area contributed by atoms with Crippen LogP contribution in [0.4, 0.5) is 5.82 Å². The topological polar surface area (TPSA) is 41.9 Å². The third-order valence-electron chi connectivity index (χ3n) is 3.24. The van der Waals surface area contributed by atoms with Crippen molar-refractivity contribution in [1.29, 1.82) is 0 Å². The molecule has 5 heteroatoms. The maximum atomic E-state index is 4.68. The molecule has 0 N–H and O–H groups in total. The highest BCUT2D eigenvalue weighted by Crippen LogP contribution is 2.28. The van der Waals surface area contributed by atoms with Crippen molar-refractivity contribution in [3.63, 3.8) is 0 Å². The average Bonchev–Trinajstić information content (AvgIpc) is 2.55. The number of pyridine rings is 3. The molecule has 3 heterocycles. The molecule has 0 saturated carbocycles. The van der Waals surface area contributed by atoms with Crippen molar-refractivity contribution < 1.29 is 0 Å². The van der Waals surface area contributed by atoms with E-state index in [0.717, 1.165) is 32.8 Å². The fourth-order valence-electron chi connectivity index (χ4n) is 2.13. The van der Waals surface area contributed by atoms with E-state index in [-0.39, 0.29) is 0 Å². The van der Waals surface area contributed by atoms with Crippen LogP contribution in [-0.4, -0.2) is 29.0 Å². The lowest BCUT2D eigenvalue weighted by Gasteiger charge is -2.15. The Balaban J connectivity index is 2.16. The van der Waals surface area contributed by atoms with Gasteiger partial charge >= 0.3 is 0 Å². The molecule has 0 amide bonds. The van der Waals surface area contributed by atoms with Gasteiger partial charge in [0.15, 0.2) is 0 Å². The predicted molar refractivity (Wildman–Crippen MR) is 92.7 cm³/mol. The van der Waals surface area contributed by atoms with Crippen molar-refractivity contribution in [1.82, 2.24) is 15.0 Å². The summed E-state index contributed by atoms with van der Waals surface area (Å²) in [5, 5.41) is 0. The summed E-state index contributed by atoms with van der Waals surface area (Å²) >= 11 is 3.47. The van der Waals surface area contributed by atoms with Gasteiger partial charge in [-0.2, -0.15) is 0 Å². The van der Waals surface area contributed by atoms with Gasteiger partial charge in [-0.05, 0) is 51.8 Å². The van der Waals surface area contributed by atoms with E-state index in [0.29, 0.717) is 0 Å². The lowest BCUT2D eigenvalue weighted by atomic mass is 10.1. The standard InChI is InChI=1S/C17H15BrN4/c1-22(2)17-9-12(13-7-14(18)11-19-10-13)8-16(21-17)15-5-3-4-6-20-15/h3-11H,1-2H3. The van der Waals surface area contributed by atoms with Crippen molar-refractivity contribution in [2.24, 2.45) is 0 Å². The highest BCUT2D eigenvalue weighted by molar-refractivity contribution is 9.10. The maximum absolute atomic E-state index is 4.68. The van der Waals surface area contributed by atoms with E-state index in [1.807, 2.05) is 55.5 Å². The van der Waals surface area contributed by atoms with Crippen LogP contribution in [0.5, 0.6) is 0 Å². The maximum Gasteiger partial charge on any atom is 0.129 e. The smallest absolute Gasteiger partial charge is 0.129 e. The molecule has 0 aliphatic carbocycles. The van der Waals surface area contributed by atoms with Crippen molar-refractivity contribution in [2.45, 2.75) is 0 Å². The Morgan fingerprint density at radius 2 is 1.82 bits per heavy atom. The first-order valence-corrected chi connectivity index (χ1v) is 7.64. The second-order valence-corrected chi connectivity index (χ2v) is 6.02. The molecule has 0 aliphatic rings. The highest BCUT2D eigenvalue weighted by Gasteiger charge is 2.09. The van der Waals surface area contributed by atoms with Crippen LogP contribution in [0.15, 0.2) is 59.5 Å². The predicted octanol–water partition coefficient (Wildman–Crippen LogP) is 4.03. The average molecular weight is 355 g/mol. The van der Waals surface area contributed by atoms with E-state index >= 15 is 0 Å². The van der Waals surface area contributed by atoms with Gasteiger partial charge in [0, 0.05) is 42.7 Å². The Labute approximate surface area is 138 Å². The van der Waals surface area contributed by atoms with Crippen LogP contribution in [0, 0.1) is 0 Å². The fraction of sp³-hybridized carbons (Fsp3) is 0.118. The quantitative estimate of drug-likeness (QED) is 0.711. The van der Waals surface area contributed by atoms with Crippen LogP contribution in [-0.2, 0) is 0 Å². The van der Waals surface area contributed by atoms with Crippen molar-refractivity contribution >= 4 is 21.7 Å². The molecule has 0 aliphatic heterocycles. The monoisotopic (exact) mass is 354 g/mol. The molecule has 0 atom stereocenters. The third kappa shape index (κ3) is 3.14. The third-order valence-corrected chi connectivity index (χ3v) is 3.67. The highest BCUT2D eigenvalue weighted by atomic mass is 79.9. The Kier molecular flexibility index (Phi) is 4.15. The summed E-state index contributed by atoms with van der Waals surface area (Å²) < 4.78 is 0.951. The normalized spacial score (nSPS) is 10.5. The molecule has 22 heavy (non-hydrogen) atoms. The van der Waals surface area contributed by atoms with Crippen molar-refractivity contribution in [3.05, 3.63) is 59.5 Å². The minimum absolute atomic E-state index is 0.849. The Hall–Kier alpha value is -2.27. The molecule has 3 aromatic heterocycles. The molecule has 110 valence electrons. The molecule has 3 rings (SSSR count). The van der Waals surface area contributed by atoms with Crippen molar-refractivity contribution in [2.75, 3.05) is 19.0 Å². The van der Waals surface area contributed by atoms with E-state index in [9.17, 15) is 0 Å². The zero-order valence-electron chi connectivity index (χ0n) is 12.4. The first kappa shape index (κ1) is 14.7. The molecule has 0 aromatic carbocycles. The second-order valence-electron chi connectivity index (χ2n) is 5.10. The minimum Gasteiger partial charge on any atom is -0.363 e. The van der Waals surface area contributed by atoms with E-state index in [1.54, 1.807) is 12.4 Å². The van der Waals surface area contributed by atoms with Gasteiger partial charge < -0.3 is 4.90 Å². The van der Waals surface area contributed by atoms with Crippen LogP contribution < -0.4 is 4.90 Å². The van der Waals surface area contributed by atoms with E-state index in [2.05, 4.69) is 36.9 Å². The van der Waals surface area contributed by atoms with Gasteiger partial charge in [-0.15, -0.1) is 0 Å². The van der Waals surface area contributed by atoms with Crippen LogP contribution >= 0.6 is 15.9 Å². The summed E-state index contributed by atoms with van der Waals surface area (Å²) in [5.41, 5.74) is 3.81. The number of hydrogen-bond donors (Lipinski definition) is 0. The Morgan fingerprint density at radius 1 is 0.955 bits per heavy atom. The first-order valence-electron chi connectivity index (χ1n) is 6.85. The lowest BCUT2D eigenvalue weighted by Crippen LogP contribution is -2.11. The lowest BCUT2D eigenvalue weighted by molar-refractivity contribution is 1.07.